The normalized spacial score (nSPS) is 16.8. The Balaban J connectivity index is 1.68. The van der Waals surface area contributed by atoms with Crippen LogP contribution in [0.2, 0.25) is 0 Å². The van der Waals surface area contributed by atoms with E-state index in [1.165, 1.54) is 42.6 Å². The Morgan fingerprint density at radius 1 is 1.24 bits per heavy atom. The molecule has 2 N–H and O–H groups in total. The van der Waals surface area contributed by atoms with Crippen molar-refractivity contribution in [2.24, 2.45) is 4.99 Å². The number of thioether (sulfide) groups is 1. The van der Waals surface area contributed by atoms with Crippen LogP contribution in [0.1, 0.15) is 36.8 Å². The summed E-state index contributed by atoms with van der Waals surface area (Å²) in [5, 5.41) is 7.05. The number of unbranched alkanes of at least 4 members (excludes halogenated alkanes) is 1. The zero-order valence-corrected chi connectivity index (χ0v) is 16.9. The molecule has 0 spiro atoms. The molecular weight excluding hydrogens is 328 g/mol. The summed E-state index contributed by atoms with van der Waals surface area (Å²) in [5.74, 6) is 2.20. The molecule has 1 saturated heterocycles. The Labute approximate surface area is 157 Å². The molecule has 2 rings (SSSR count). The lowest BCUT2D eigenvalue weighted by molar-refractivity contribution is 0.198. The van der Waals surface area contributed by atoms with Crippen molar-refractivity contribution in [1.29, 1.82) is 0 Å². The highest BCUT2D eigenvalue weighted by Crippen LogP contribution is 2.16. The van der Waals surface area contributed by atoms with Crippen LogP contribution in [0.15, 0.2) is 29.3 Å². The van der Waals surface area contributed by atoms with Crippen molar-refractivity contribution in [3.05, 3.63) is 35.4 Å². The van der Waals surface area contributed by atoms with Crippen molar-refractivity contribution in [2.75, 3.05) is 38.7 Å². The number of nitrogens with zero attached hydrogens (tertiary/aromatic N) is 2. The molecule has 140 valence electrons. The summed E-state index contributed by atoms with van der Waals surface area (Å²) in [7, 11) is 1.87. The van der Waals surface area contributed by atoms with Gasteiger partial charge in [-0.25, -0.2) is 0 Å². The molecule has 0 radical (unpaired) electrons. The highest BCUT2D eigenvalue weighted by Gasteiger charge is 2.20. The maximum absolute atomic E-state index is 4.37. The molecule has 1 aromatic rings. The molecule has 1 aliphatic heterocycles. The molecule has 1 fully saturated rings. The number of nitrogens with one attached hydrogen (secondary N) is 2. The number of hydrogen-bond donors (Lipinski definition) is 2. The lowest BCUT2D eigenvalue weighted by Crippen LogP contribution is -2.48. The molecule has 1 aromatic carbocycles. The first-order chi connectivity index (χ1) is 12.2. The average Bonchev–Trinajstić information content (AvgIpc) is 2.64. The van der Waals surface area contributed by atoms with E-state index in [1.807, 2.05) is 18.8 Å². The van der Waals surface area contributed by atoms with E-state index < -0.39 is 0 Å². The minimum absolute atomic E-state index is 0.533. The average molecular weight is 363 g/mol. The van der Waals surface area contributed by atoms with E-state index in [4.69, 9.17) is 0 Å². The summed E-state index contributed by atoms with van der Waals surface area (Å²) in [6.45, 7) is 6.58. The third-order valence-corrected chi connectivity index (χ3v) is 5.57. The van der Waals surface area contributed by atoms with Gasteiger partial charge in [-0.15, -0.1) is 0 Å². The Morgan fingerprint density at radius 2 is 2.00 bits per heavy atom. The van der Waals surface area contributed by atoms with Gasteiger partial charge in [-0.05, 0) is 55.7 Å². The van der Waals surface area contributed by atoms with Crippen LogP contribution in [0.3, 0.4) is 0 Å². The molecule has 4 nitrogen and oxygen atoms in total. The van der Waals surface area contributed by atoms with Gasteiger partial charge in [0.15, 0.2) is 5.96 Å². The second kappa shape index (κ2) is 11.4. The summed E-state index contributed by atoms with van der Waals surface area (Å²) < 4.78 is 0. The molecular formula is C20H34N4S. The van der Waals surface area contributed by atoms with Crippen LogP contribution in [0.25, 0.3) is 0 Å². The number of rotatable bonds is 8. The molecule has 0 aliphatic carbocycles. The number of hydrogen-bond acceptors (Lipinski definition) is 3. The molecule has 5 heteroatoms. The largest absolute Gasteiger partial charge is 0.356 e. The number of guanidine groups is 1. The number of aryl methyl sites for hydroxylation is 1. The highest BCUT2D eigenvalue weighted by atomic mass is 32.2. The lowest BCUT2D eigenvalue weighted by Gasteiger charge is -2.33. The van der Waals surface area contributed by atoms with Gasteiger partial charge in [0, 0.05) is 39.3 Å². The van der Waals surface area contributed by atoms with E-state index in [0.29, 0.717) is 6.04 Å². The molecule has 1 aliphatic rings. The maximum atomic E-state index is 4.37. The van der Waals surface area contributed by atoms with Gasteiger partial charge in [0.05, 0.1) is 0 Å². The van der Waals surface area contributed by atoms with Crippen LogP contribution in [0.4, 0.5) is 0 Å². The quantitative estimate of drug-likeness (QED) is 0.423. The molecule has 0 amide bonds. The Hall–Kier alpha value is -1.20. The highest BCUT2D eigenvalue weighted by molar-refractivity contribution is 7.98. The van der Waals surface area contributed by atoms with Crippen LogP contribution in [-0.4, -0.2) is 55.6 Å². The monoisotopic (exact) mass is 362 g/mol. The second-order valence-corrected chi connectivity index (χ2v) is 7.81. The number of piperidine rings is 1. The predicted octanol–water partition coefficient (Wildman–Crippen LogP) is 3.27. The van der Waals surface area contributed by atoms with Gasteiger partial charge in [0.1, 0.15) is 0 Å². The molecule has 0 atom stereocenters. The van der Waals surface area contributed by atoms with Crippen molar-refractivity contribution >= 4 is 17.7 Å². The minimum Gasteiger partial charge on any atom is -0.356 e. The summed E-state index contributed by atoms with van der Waals surface area (Å²) >= 11 is 1.92. The maximum Gasteiger partial charge on any atom is 0.191 e. The second-order valence-electron chi connectivity index (χ2n) is 6.82. The number of likely N-dealkylation sites (tertiary alicyclic amines) is 1. The van der Waals surface area contributed by atoms with Gasteiger partial charge in [0.2, 0.25) is 0 Å². The van der Waals surface area contributed by atoms with Crippen molar-refractivity contribution in [3.8, 4) is 0 Å². The van der Waals surface area contributed by atoms with E-state index in [1.54, 1.807) is 0 Å². The topological polar surface area (TPSA) is 39.7 Å². The molecule has 0 bridgehead atoms. The molecule has 0 saturated carbocycles. The first kappa shape index (κ1) is 20.1. The number of aliphatic imine (C=N–C) groups is 1. The van der Waals surface area contributed by atoms with Crippen LogP contribution in [0.5, 0.6) is 0 Å². The SMILES string of the molecule is CN=C(NCCCCSC)NC1CCN(Cc2ccccc2C)CC1. The Morgan fingerprint density at radius 3 is 2.68 bits per heavy atom. The molecule has 0 aromatic heterocycles. The first-order valence-electron chi connectivity index (χ1n) is 9.46. The Bertz CT molecular complexity index is 524. The predicted molar refractivity (Wildman–Crippen MR) is 112 cm³/mol. The standard InChI is InChI=1S/C20H34N4S/c1-17-8-4-5-9-18(17)16-24-13-10-19(11-14-24)23-20(21-2)22-12-6-7-15-25-3/h4-5,8-9,19H,6-7,10-16H2,1-3H3,(H2,21,22,23). The molecule has 1 heterocycles. The van der Waals surface area contributed by atoms with E-state index >= 15 is 0 Å². The fourth-order valence-electron chi connectivity index (χ4n) is 3.23. The smallest absolute Gasteiger partial charge is 0.191 e. The van der Waals surface area contributed by atoms with Crippen molar-refractivity contribution in [2.45, 2.75) is 45.2 Å². The Kier molecular flexibility index (Phi) is 9.19. The fourth-order valence-corrected chi connectivity index (χ4v) is 3.72. The third-order valence-electron chi connectivity index (χ3n) is 4.87. The number of benzene rings is 1. The van der Waals surface area contributed by atoms with Crippen LogP contribution in [0, 0.1) is 6.92 Å². The van der Waals surface area contributed by atoms with E-state index in [2.05, 4.69) is 58.0 Å². The van der Waals surface area contributed by atoms with Gasteiger partial charge in [-0.1, -0.05) is 24.3 Å². The molecule has 0 unspecified atom stereocenters. The van der Waals surface area contributed by atoms with Crippen molar-refractivity contribution < 1.29 is 0 Å². The van der Waals surface area contributed by atoms with Crippen molar-refractivity contribution in [3.63, 3.8) is 0 Å². The molecule has 25 heavy (non-hydrogen) atoms. The van der Waals surface area contributed by atoms with Gasteiger partial charge < -0.3 is 10.6 Å². The fraction of sp³-hybridized carbons (Fsp3) is 0.650. The van der Waals surface area contributed by atoms with Gasteiger partial charge in [-0.2, -0.15) is 11.8 Å². The van der Waals surface area contributed by atoms with E-state index in [-0.39, 0.29) is 0 Å². The van der Waals surface area contributed by atoms with E-state index in [0.717, 1.165) is 32.1 Å². The summed E-state index contributed by atoms with van der Waals surface area (Å²) in [4.78, 5) is 6.94. The summed E-state index contributed by atoms with van der Waals surface area (Å²) in [5.41, 5.74) is 2.85. The van der Waals surface area contributed by atoms with E-state index in [9.17, 15) is 0 Å². The lowest BCUT2D eigenvalue weighted by atomic mass is 10.0. The zero-order chi connectivity index (χ0) is 17.9. The van der Waals surface area contributed by atoms with Crippen LogP contribution in [-0.2, 0) is 6.54 Å². The zero-order valence-electron chi connectivity index (χ0n) is 16.1. The van der Waals surface area contributed by atoms with Gasteiger partial charge >= 0.3 is 0 Å². The minimum atomic E-state index is 0.533. The first-order valence-corrected chi connectivity index (χ1v) is 10.8. The summed E-state index contributed by atoms with van der Waals surface area (Å²) in [6.07, 6.45) is 7.00. The van der Waals surface area contributed by atoms with Gasteiger partial charge in [-0.3, -0.25) is 9.89 Å². The van der Waals surface area contributed by atoms with Gasteiger partial charge in [0.25, 0.3) is 0 Å². The third kappa shape index (κ3) is 7.28. The van der Waals surface area contributed by atoms with Crippen LogP contribution < -0.4 is 10.6 Å². The van der Waals surface area contributed by atoms with Crippen molar-refractivity contribution in [1.82, 2.24) is 15.5 Å². The summed E-state index contributed by atoms with van der Waals surface area (Å²) in [6, 6.07) is 9.26. The van der Waals surface area contributed by atoms with Crippen LogP contribution >= 0.6 is 11.8 Å².